The van der Waals surface area contributed by atoms with E-state index in [1.165, 1.54) is 37.3 Å². The first kappa shape index (κ1) is 19.3. The molecule has 0 saturated heterocycles. The van der Waals surface area contributed by atoms with Crippen LogP contribution in [0.4, 0.5) is 5.69 Å². The van der Waals surface area contributed by atoms with Crippen LogP contribution >= 0.6 is 0 Å². The topological polar surface area (TPSA) is 107 Å². The molecule has 1 N–H and O–H groups in total. The van der Waals surface area contributed by atoms with Crippen molar-refractivity contribution in [1.82, 2.24) is 0 Å². The molecule has 0 fully saturated rings. The van der Waals surface area contributed by atoms with Crippen molar-refractivity contribution in [1.29, 1.82) is 0 Å². The molecule has 0 aromatic heterocycles. The number of hydrogen-bond acceptors (Lipinski definition) is 6. The summed E-state index contributed by atoms with van der Waals surface area (Å²) in [6, 6.07) is 11.6. The Kier molecular flexibility index (Phi) is 5.89. The summed E-state index contributed by atoms with van der Waals surface area (Å²) < 4.78 is 27.7. The van der Waals surface area contributed by atoms with Crippen molar-refractivity contribution in [3.63, 3.8) is 0 Å². The molecule has 0 bridgehead atoms. The minimum atomic E-state index is -3.36. The third-order valence-corrected chi connectivity index (χ3v) is 4.53. The van der Waals surface area contributed by atoms with Crippen molar-refractivity contribution < 1.29 is 27.5 Å². The normalized spacial score (nSPS) is 10.8. The average Bonchev–Trinajstić information content (AvgIpc) is 2.59. The Bertz CT molecular complexity index is 948. The molecular weight excluding hydrogens is 358 g/mol. The minimum Gasteiger partial charge on any atom is -0.452 e. The number of carbonyl (C=O) groups excluding carboxylic acids is 3. The zero-order chi connectivity index (χ0) is 19.3. The van der Waals surface area contributed by atoms with E-state index in [9.17, 15) is 22.8 Å². The predicted molar refractivity (Wildman–Crippen MR) is 94.9 cm³/mol. The van der Waals surface area contributed by atoms with E-state index in [-0.39, 0.29) is 16.2 Å². The fourth-order valence-electron chi connectivity index (χ4n) is 2.07. The van der Waals surface area contributed by atoms with Gasteiger partial charge in [0.05, 0.1) is 10.5 Å². The van der Waals surface area contributed by atoms with Gasteiger partial charge in [0.15, 0.2) is 22.2 Å². The third-order valence-electron chi connectivity index (χ3n) is 3.41. The van der Waals surface area contributed by atoms with Gasteiger partial charge in [-0.2, -0.15) is 0 Å². The van der Waals surface area contributed by atoms with Gasteiger partial charge in [0.1, 0.15) is 0 Å². The van der Waals surface area contributed by atoms with Crippen molar-refractivity contribution in [3.8, 4) is 0 Å². The summed E-state index contributed by atoms with van der Waals surface area (Å²) in [5.74, 6) is -1.45. The second kappa shape index (κ2) is 7.92. The summed E-state index contributed by atoms with van der Waals surface area (Å²) >= 11 is 0. The van der Waals surface area contributed by atoms with Crippen LogP contribution in [0.5, 0.6) is 0 Å². The zero-order valence-electron chi connectivity index (χ0n) is 14.2. The van der Waals surface area contributed by atoms with Gasteiger partial charge in [0.2, 0.25) is 0 Å². The highest BCUT2D eigenvalue weighted by atomic mass is 32.2. The molecule has 0 aliphatic rings. The SMILES string of the molecule is CC(=O)c1cccc(NC(=O)COC(=O)c2ccc(S(C)(=O)=O)cc2)c1. The lowest BCUT2D eigenvalue weighted by Gasteiger charge is -2.08. The van der Waals surface area contributed by atoms with E-state index < -0.39 is 28.3 Å². The van der Waals surface area contributed by atoms with Crippen LogP contribution in [0.25, 0.3) is 0 Å². The highest BCUT2D eigenvalue weighted by Crippen LogP contribution is 2.12. The largest absolute Gasteiger partial charge is 0.452 e. The molecule has 0 radical (unpaired) electrons. The summed E-state index contributed by atoms with van der Waals surface area (Å²) in [7, 11) is -3.36. The smallest absolute Gasteiger partial charge is 0.338 e. The molecule has 26 heavy (non-hydrogen) atoms. The first-order chi connectivity index (χ1) is 12.2. The van der Waals surface area contributed by atoms with E-state index in [1.54, 1.807) is 18.2 Å². The first-order valence-electron chi connectivity index (χ1n) is 7.55. The number of anilines is 1. The number of hydrogen-bond donors (Lipinski definition) is 1. The van der Waals surface area contributed by atoms with Gasteiger partial charge >= 0.3 is 5.97 Å². The van der Waals surface area contributed by atoms with Crippen molar-refractivity contribution in [2.45, 2.75) is 11.8 Å². The van der Waals surface area contributed by atoms with Crippen molar-refractivity contribution in [2.24, 2.45) is 0 Å². The number of sulfone groups is 1. The lowest BCUT2D eigenvalue weighted by Crippen LogP contribution is -2.21. The molecule has 1 amide bonds. The number of esters is 1. The molecule has 136 valence electrons. The van der Waals surface area contributed by atoms with E-state index in [0.717, 1.165) is 6.26 Å². The van der Waals surface area contributed by atoms with Crippen LogP contribution in [0.2, 0.25) is 0 Å². The Balaban J connectivity index is 1.93. The summed E-state index contributed by atoms with van der Waals surface area (Å²) in [5, 5.41) is 2.53. The maximum atomic E-state index is 11.9. The minimum absolute atomic E-state index is 0.0807. The first-order valence-corrected chi connectivity index (χ1v) is 9.44. The molecule has 0 atom stereocenters. The molecule has 8 heteroatoms. The van der Waals surface area contributed by atoms with Crippen LogP contribution in [0.15, 0.2) is 53.4 Å². The van der Waals surface area contributed by atoms with Crippen LogP contribution in [-0.4, -0.2) is 38.9 Å². The molecule has 0 aliphatic carbocycles. The van der Waals surface area contributed by atoms with E-state index in [4.69, 9.17) is 4.74 Å². The second-order valence-electron chi connectivity index (χ2n) is 5.56. The van der Waals surface area contributed by atoms with E-state index in [1.807, 2.05) is 0 Å². The maximum absolute atomic E-state index is 11.9. The molecule has 0 saturated carbocycles. The summed E-state index contributed by atoms with van der Waals surface area (Å²) in [6.07, 6.45) is 1.06. The van der Waals surface area contributed by atoms with Crippen LogP contribution in [0, 0.1) is 0 Å². The van der Waals surface area contributed by atoms with Gasteiger partial charge in [-0.3, -0.25) is 9.59 Å². The van der Waals surface area contributed by atoms with Gasteiger partial charge in [-0.25, -0.2) is 13.2 Å². The van der Waals surface area contributed by atoms with Crippen molar-refractivity contribution in [2.75, 3.05) is 18.2 Å². The highest BCUT2D eigenvalue weighted by molar-refractivity contribution is 7.90. The molecule has 7 nitrogen and oxygen atoms in total. The van der Waals surface area contributed by atoms with E-state index in [0.29, 0.717) is 11.3 Å². The van der Waals surface area contributed by atoms with Gasteiger partial charge in [0.25, 0.3) is 5.91 Å². The number of benzene rings is 2. The number of nitrogens with one attached hydrogen (secondary N) is 1. The number of amides is 1. The van der Waals surface area contributed by atoms with Gasteiger partial charge < -0.3 is 10.1 Å². The number of ether oxygens (including phenoxy) is 1. The fraction of sp³-hybridized carbons (Fsp3) is 0.167. The standard InChI is InChI=1S/C18H17NO6S/c1-12(20)14-4-3-5-15(10-14)19-17(21)11-25-18(22)13-6-8-16(9-7-13)26(2,23)24/h3-10H,11H2,1-2H3,(H,19,21). The summed E-state index contributed by atoms with van der Waals surface area (Å²) in [5.41, 5.74) is 0.991. The molecule has 2 aromatic carbocycles. The molecule has 2 aromatic rings. The zero-order valence-corrected chi connectivity index (χ0v) is 15.0. The lowest BCUT2D eigenvalue weighted by atomic mass is 10.1. The number of ketones is 1. The third kappa shape index (κ3) is 5.25. The van der Waals surface area contributed by atoms with Crippen molar-refractivity contribution >= 4 is 33.2 Å². The maximum Gasteiger partial charge on any atom is 0.338 e. The van der Waals surface area contributed by atoms with Gasteiger partial charge in [-0.05, 0) is 43.3 Å². The Morgan fingerprint density at radius 1 is 1.00 bits per heavy atom. The van der Waals surface area contributed by atoms with E-state index in [2.05, 4.69) is 5.32 Å². The van der Waals surface area contributed by atoms with Crippen LogP contribution < -0.4 is 5.32 Å². The van der Waals surface area contributed by atoms with E-state index >= 15 is 0 Å². The number of Topliss-reactive ketones (excluding diaryl/α,β-unsaturated/α-hetero) is 1. The van der Waals surface area contributed by atoms with Crippen molar-refractivity contribution in [3.05, 3.63) is 59.7 Å². The highest BCUT2D eigenvalue weighted by Gasteiger charge is 2.13. The molecule has 0 spiro atoms. The Hall–Kier alpha value is -3.00. The molecular formula is C18H17NO6S. The number of carbonyl (C=O) groups is 3. The molecule has 0 unspecified atom stereocenters. The Morgan fingerprint density at radius 3 is 2.23 bits per heavy atom. The number of rotatable bonds is 6. The summed E-state index contributed by atoms with van der Waals surface area (Å²) in [4.78, 5) is 35.2. The Labute approximate surface area is 150 Å². The lowest BCUT2D eigenvalue weighted by molar-refractivity contribution is -0.119. The van der Waals surface area contributed by atoms with Crippen LogP contribution in [0.3, 0.4) is 0 Å². The summed E-state index contributed by atoms with van der Waals surface area (Å²) in [6.45, 7) is 0.898. The van der Waals surface area contributed by atoms with Gasteiger partial charge in [-0.15, -0.1) is 0 Å². The fourth-order valence-corrected chi connectivity index (χ4v) is 2.70. The second-order valence-corrected chi connectivity index (χ2v) is 7.57. The average molecular weight is 375 g/mol. The Morgan fingerprint density at radius 2 is 1.65 bits per heavy atom. The monoisotopic (exact) mass is 375 g/mol. The molecule has 0 aliphatic heterocycles. The molecule has 2 rings (SSSR count). The van der Waals surface area contributed by atoms with Crippen LogP contribution in [0.1, 0.15) is 27.6 Å². The van der Waals surface area contributed by atoms with Gasteiger partial charge in [0, 0.05) is 17.5 Å². The predicted octanol–water partition coefficient (Wildman–Crippen LogP) is 2.09. The van der Waals surface area contributed by atoms with Gasteiger partial charge in [-0.1, -0.05) is 12.1 Å². The van der Waals surface area contributed by atoms with Crippen LogP contribution in [-0.2, 0) is 19.4 Å². The molecule has 0 heterocycles. The quantitative estimate of drug-likeness (QED) is 0.612.